The first kappa shape index (κ1) is 14.5. The van der Waals surface area contributed by atoms with E-state index in [1.165, 1.54) is 19.2 Å². The van der Waals surface area contributed by atoms with Gasteiger partial charge in [0.25, 0.3) is 0 Å². The van der Waals surface area contributed by atoms with Gasteiger partial charge in [0.2, 0.25) is 0 Å². The third-order valence-corrected chi connectivity index (χ3v) is 3.34. The molecule has 0 aliphatic rings. The lowest BCUT2D eigenvalue weighted by Gasteiger charge is -2.19. The number of nitrogens with one attached hydrogen (secondary N) is 1. The molecule has 2 aromatic rings. The zero-order valence-electron chi connectivity index (χ0n) is 11.7. The minimum absolute atomic E-state index is 0.295. The fourth-order valence-electron chi connectivity index (χ4n) is 2.16. The zero-order valence-corrected chi connectivity index (χ0v) is 11.7. The maximum absolute atomic E-state index is 14.1. The number of methoxy groups -OCH3 is 1. The summed E-state index contributed by atoms with van der Waals surface area (Å²) in [6.07, 6.45) is 0. The Kier molecular flexibility index (Phi) is 4.35. The van der Waals surface area contributed by atoms with Gasteiger partial charge in [-0.15, -0.1) is 0 Å². The molecule has 0 spiro atoms. The summed E-state index contributed by atoms with van der Waals surface area (Å²) in [7, 11) is 3.20. The topological polar surface area (TPSA) is 21.3 Å². The fourth-order valence-corrected chi connectivity index (χ4v) is 2.16. The number of rotatable bonds is 4. The van der Waals surface area contributed by atoms with Crippen LogP contribution in [0.5, 0.6) is 5.75 Å². The van der Waals surface area contributed by atoms with Crippen LogP contribution in [0.4, 0.5) is 8.78 Å². The Morgan fingerprint density at radius 2 is 1.80 bits per heavy atom. The molecule has 0 saturated carbocycles. The van der Waals surface area contributed by atoms with Crippen LogP contribution in [0.15, 0.2) is 36.4 Å². The summed E-state index contributed by atoms with van der Waals surface area (Å²) >= 11 is 0. The first-order chi connectivity index (χ1) is 9.56. The number of aryl methyl sites for hydroxylation is 1. The number of halogens is 2. The molecule has 0 aliphatic carbocycles. The molecule has 0 fully saturated rings. The molecule has 0 radical (unpaired) electrons. The molecule has 0 heterocycles. The summed E-state index contributed by atoms with van der Waals surface area (Å²) in [6.45, 7) is 1.70. The monoisotopic (exact) mass is 277 g/mol. The van der Waals surface area contributed by atoms with Crippen molar-refractivity contribution in [3.63, 3.8) is 0 Å². The summed E-state index contributed by atoms with van der Waals surface area (Å²) in [5, 5.41) is 3.01. The highest BCUT2D eigenvalue weighted by Crippen LogP contribution is 2.27. The second-order valence-corrected chi connectivity index (χ2v) is 4.62. The molecule has 0 aliphatic heterocycles. The fraction of sp³-hybridized carbons (Fsp3) is 0.250. The van der Waals surface area contributed by atoms with Crippen LogP contribution in [0.1, 0.15) is 22.7 Å². The molecule has 4 heteroatoms. The first-order valence-electron chi connectivity index (χ1n) is 6.33. The van der Waals surface area contributed by atoms with Gasteiger partial charge in [0.1, 0.15) is 17.4 Å². The largest absolute Gasteiger partial charge is 0.497 e. The predicted octanol–water partition coefficient (Wildman–Crippen LogP) is 3.59. The number of hydrogen-bond donors (Lipinski definition) is 1. The van der Waals surface area contributed by atoms with E-state index in [0.717, 1.165) is 0 Å². The lowest BCUT2D eigenvalue weighted by Crippen LogP contribution is -2.19. The molecule has 20 heavy (non-hydrogen) atoms. The van der Waals surface area contributed by atoms with Crippen molar-refractivity contribution in [1.29, 1.82) is 0 Å². The second-order valence-electron chi connectivity index (χ2n) is 4.62. The third kappa shape index (κ3) is 2.80. The molecule has 2 rings (SSSR count). The Labute approximate surface area is 117 Å². The van der Waals surface area contributed by atoms with Crippen molar-refractivity contribution in [2.75, 3.05) is 14.2 Å². The Morgan fingerprint density at radius 3 is 2.35 bits per heavy atom. The molecule has 2 nitrogen and oxygen atoms in total. The van der Waals surface area contributed by atoms with Crippen LogP contribution < -0.4 is 10.1 Å². The average Bonchev–Trinajstić information content (AvgIpc) is 2.45. The van der Waals surface area contributed by atoms with Gasteiger partial charge >= 0.3 is 0 Å². The van der Waals surface area contributed by atoms with Crippen molar-refractivity contribution >= 4 is 0 Å². The smallest absolute Gasteiger partial charge is 0.132 e. The van der Waals surface area contributed by atoms with Crippen LogP contribution >= 0.6 is 0 Å². The highest BCUT2D eigenvalue weighted by molar-refractivity contribution is 5.37. The van der Waals surface area contributed by atoms with E-state index in [0.29, 0.717) is 22.4 Å². The van der Waals surface area contributed by atoms with Crippen molar-refractivity contribution in [2.24, 2.45) is 0 Å². The molecule has 1 atom stereocenters. The van der Waals surface area contributed by atoms with E-state index in [-0.39, 0.29) is 11.6 Å². The Hall–Kier alpha value is -1.94. The molecular weight excluding hydrogens is 260 g/mol. The van der Waals surface area contributed by atoms with Crippen LogP contribution in [-0.4, -0.2) is 14.2 Å². The van der Waals surface area contributed by atoms with Gasteiger partial charge in [-0.05, 0) is 37.2 Å². The van der Waals surface area contributed by atoms with E-state index < -0.39 is 6.04 Å². The van der Waals surface area contributed by atoms with Crippen LogP contribution in [0, 0.1) is 18.6 Å². The van der Waals surface area contributed by atoms with Gasteiger partial charge in [-0.3, -0.25) is 0 Å². The highest BCUT2D eigenvalue weighted by Gasteiger charge is 2.17. The summed E-state index contributed by atoms with van der Waals surface area (Å²) in [6, 6.07) is 9.17. The van der Waals surface area contributed by atoms with Crippen LogP contribution in [-0.2, 0) is 0 Å². The van der Waals surface area contributed by atoms with Gasteiger partial charge in [0.05, 0.1) is 13.2 Å². The summed E-state index contributed by atoms with van der Waals surface area (Å²) in [5.41, 5.74) is 1.70. The van der Waals surface area contributed by atoms with Crippen molar-refractivity contribution < 1.29 is 13.5 Å². The van der Waals surface area contributed by atoms with E-state index in [2.05, 4.69) is 5.32 Å². The quantitative estimate of drug-likeness (QED) is 0.922. The standard InChI is InChI=1S/C16H17F2NO/c1-10-4-5-11(8-14(10)17)16(19-2)13-7-6-12(20-3)9-15(13)18/h4-9,16,19H,1-3H3. The second kappa shape index (κ2) is 6.01. The Morgan fingerprint density at radius 1 is 1.05 bits per heavy atom. The molecule has 1 N–H and O–H groups in total. The molecule has 0 bridgehead atoms. The summed E-state index contributed by atoms with van der Waals surface area (Å²) in [5.74, 6) is -0.224. The number of hydrogen-bond acceptors (Lipinski definition) is 2. The molecular formula is C16H17F2NO. The maximum atomic E-state index is 14.1. The van der Waals surface area contributed by atoms with E-state index in [4.69, 9.17) is 4.74 Å². The minimum Gasteiger partial charge on any atom is -0.497 e. The van der Waals surface area contributed by atoms with E-state index in [1.807, 2.05) is 0 Å². The van der Waals surface area contributed by atoms with Crippen LogP contribution in [0.3, 0.4) is 0 Å². The lowest BCUT2D eigenvalue weighted by atomic mass is 9.97. The van der Waals surface area contributed by atoms with Crippen molar-refractivity contribution in [2.45, 2.75) is 13.0 Å². The molecule has 106 valence electrons. The number of benzene rings is 2. The average molecular weight is 277 g/mol. The summed E-state index contributed by atoms with van der Waals surface area (Å²) in [4.78, 5) is 0. The molecule has 0 amide bonds. The zero-order chi connectivity index (χ0) is 14.7. The molecule has 2 aromatic carbocycles. The van der Waals surface area contributed by atoms with Gasteiger partial charge in [-0.25, -0.2) is 8.78 Å². The Balaban J connectivity index is 2.43. The minimum atomic E-state index is -0.406. The van der Waals surface area contributed by atoms with Crippen LogP contribution in [0.25, 0.3) is 0 Å². The van der Waals surface area contributed by atoms with Gasteiger partial charge in [0, 0.05) is 11.6 Å². The third-order valence-electron chi connectivity index (χ3n) is 3.34. The molecule has 1 unspecified atom stereocenters. The SMILES string of the molecule is CNC(c1ccc(C)c(F)c1)c1ccc(OC)cc1F. The van der Waals surface area contributed by atoms with Crippen molar-refractivity contribution in [1.82, 2.24) is 5.32 Å². The highest BCUT2D eigenvalue weighted by atomic mass is 19.1. The predicted molar refractivity (Wildman–Crippen MR) is 75.0 cm³/mol. The van der Waals surface area contributed by atoms with Gasteiger partial charge in [0.15, 0.2) is 0 Å². The Bertz CT molecular complexity index is 613. The van der Waals surface area contributed by atoms with Crippen molar-refractivity contribution in [3.8, 4) is 5.75 Å². The van der Waals surface area contributed by atoms with Gasteiger partial charge in [-0.1, -0.05) is 18.2 Å². The first-order valence-corrected chi connectivity index (χ1v) is 6.33. The van der Waals surface area contributed by atoms with Crippen LogP contribution in [0.2, 0.25) is 0 Å². The van der Waals surface area contributed by atoms with E-state index >= 15 is 0 Å². The van der Waals surface area contributed by atoms with Gasteiger partial charge in [-0.2, -0.15) is 0 Å². The molecule has 0 aromatic heterocycles. The normalized spacial score (nSPS) is 12.2. The van der Waals surface area contributed by atoms with E-state index in [1.54, 1.807) is 38.2 Å². The van der Waals surface area contributed by atoms with Crippen molar-refractivity contribution in [3.05, 3.63) is 64.7 Å². The lowest BCUT2D eigenvalue weighted by molar-refractivity contribution is 0.410. The number of ether oxygens (including phenoxy) is 1. The van der Waals surface area contributed by atoms with Gasteiger partial charge < -0.3 is 10.1 Å². The summed E-state index contributed by atoms with van der Waals surface area (Å²) < 4.78 is 32.8. The molecule has 0 saturated heterocycles. The maximum Gasteiger partial charge on any atom is 0.132 e. The van der Waals surface area contributed by atoms with E-state index in [9.17, 15) is 8.78 Å².